The second-order valence-electron chi connectivity index (χ2n) is 2.00. The summed E-state index contributed by atoms with van der Waals surface area (Å²) in [5.74, 6) is 0.954. The molecule has 2 nitrogen and oxygen atoms in total. The normalized spacial score (nSPS) is 16.4. The highest BCUT2D eigenvalue weighted by molar-refractivity contribution is 7.97. The highest BCUT2D eigenvalue weighted by Gasteiger charge is 2.04. The van der Waals surface area contributed by atoms with Gasteiger partial charge in [0.1, 0.15) is 5.76 Å². The fraction of sp³-hybridized carbons (Fsp3) is 0.143. The Kier molecular flexibility index (Phi) is 1.53. The third-order valence-electron chi connectivity index (χ3n) is 1.31. The summed E-state index contributed by atoms with van der Waals surface area (Å²) < 4.78 is 8.35. The number of hydrogen-bond acceptors (Lipinski definition) is 3. The van der Waals surface area contributed by atoms with Gasteiger partial charge >= 0.3 is 0 Å². The summed E-state index contributed by atoms with van der Waals surface area (Å²) in [6.45, 7) is 0.898. The largest absolute Gasteiger partial charge is 0.464 e. The predicted octanol–water partition coefficient (Wildman–Crippen LogP) is 1.90. The number of hydrogen-bond donors (Lipinski definition) is 1. The molecule has 3 heteroatoms. The highest BCUT2D eigenvalue weighted by Crippen LogP contribution is 2.23. The maximum absolute atomic E-state index is 5.19. The van der Waals surface area contributed by atoms with Crippen LogP contribution in [0, 0.1) is 0 Å². The summed E-state index contributed by atoms with van der Waals surface area (Å²) >= 11 is 1.61. The Morgan fingerprint density at radius 1 is 1.60 bits per heavy atom. The van der Waals surface area contributed by atoms with Gasteiger partial charge in [0, 0.05) is 6.54 Å². The molecule has 1 aliphatic rings. The monoisotopic (exact) mass is 153 g/mol. The Morgan fingerprint density at radius 3 is 3.60 bits per heavy atom. The van der Waals surface area contributed by atoms with Gasteiger partial charge in [-0.2, -0.15) is 0 Å². The molecule has 0 bridgehead atoms. The highest BCUT2D eigenvalue weighted by atomic mass is 32.2. The Morgan fingerprint density at radius 2 is 2.60 bits per heavy atom. The van der Waals surface area contributed by atoms with Crippen molar-refractivity contribution in [3.8, 4) is 0 Å². The quantitative estimate of drug-likeness (QED) is 0.576. The number of rotatable bonds is 0. The molecule has 2 heterocycles. The molecule has 0 atom stereocenters. The van der Waals surface area contributed by atoms with E-state index in [1.54, 1.807) is 18.2 Å². The van der Waals surface area contributed by atoms with E-state index in [2.05, 4.69) is 4.72 Å². The minimum absolute atomic E-state index is 0.898. The average molecular weight is 153 g/mol. The van der Waals surface area contributed by atoms with Crippen molar-refractivity contribution in [2.24, 2.45) is 0 Å². The van der Waals surface area contributed by atoms with Crippen molar-refractivity contribution in [3.05, 3.63) is 24.2 Å². The van der Waals surface area contributed by atoms with Crippen molar-refractivity contribution in [1.82, 2.24) is 4.72 Å². The third-order valence-corrected chi connectivity index (χ3v) is 2.18. The molecule has 1 aromatic heterocycles. The molecule has 0 saturated heterocycles. The third kappa shape index (κ3) is 0.978. The van der Waals surface area contributed by atoms with Gasteiger partial charge < -0.3 is 4.42 Å². The number of fused-ring (bicyclic) bond motifs is 1. The second-order valence-corrected chi connectivity index (χ2v) is 2.93. The maximum Gasteiger partial charge on any atom is 0.141 e. The Hall–Kier alpha value is -0.670. The van der Waals surface area contributed by atoms with Crippen LogP contribution in [-0.4, -0.2) is 6.54 Å². The van der Waals surface area contributed by atoms with E-state index in [9.17, 15) is 0 Å². The fourth-order valence-corrected chi connectivity index (χ4v) is 1.52. The SMILES string of the molecule is C1=Cc2occc2SNC1. The molecule has 0 saturated carbocycles. The lowest BCUT2D eigenvalue weighted by atomic mass is 10.4. The summed E-state index contributed by atoms with van der Waals surface area (Å²) in [6, 6.07) is 1.96. The standard InChI is InChI=1S/C7H7NOS/c1-2-6-7(3-5-9-6)10-8-4-1/h1-3,5,8H,4H2. The van der Waals surface area contributed by atoms with E-state index >= 15 is 0 Å². The van der Waals surface area contributed by atoms with Crippen LogP contribution < -0.4 is 4.72 Å². The minimum atomic E-state index is 0.898. The van der Waals surface area contributed by atoms with E-state index in [1.807, 2.05) is 18.2 Å². The van der Waals surface area contributed by atoms with Gasteiger partial charge in [0.25, 0.3) is 0 Å². The van der Waals surface area contributed by atoms with E-state index < -0.39 is 0 Å². The van der Waals surface area contributed by atoms with Gasteiger partial charge in [0.2, 0.25) is 0 Å². The molecule has 0 fully saturated rings. The zero-order chi connectivity index (χ0) is 6.81. The lowest BCUT2D eigenvalue weighted by molar-refractivity contribution is 0.551. The molecule has 1 aliphatic heterocycles. The van der Waals surface area contributed by atoms with Crippen molar-refractivity contribution in [3.63, 3.8) is 0 Å². The van der Waals surface area contributed by atoms with Gasteiger partial charge in [-0.15, -0.1) is 0 Å². The average Bonchev–Trinajstić information content (AvgIpc) is 2.28. The molecule has 1 aromatic rings. The van der Waals surface area contributed by atoms with E-state index in [0.717, 1.165) is 17.2 Å². The molecule has 0 aromatic carbocycles. The van der Waals surface area contributed by atoms with Crippen LogP contribution in [0.5, 0.6) is 0 Å². The molecule has 0 aliphatic carbocycles. The van der Waals surface area contributed by atoms with Gasteiger partial charge in [0.15, 0.2) is 0 Å². The van der Waals surface area contributed by atoms with Crippen molar-refractivity contribution in [2.45, 2.75) is 4.90 Å². The van der Waals surface area contributed by atoms with Crippen LogP contribution in [-0.2, 0) is 0 Å². The van der Waals surface area contributed by atoms with Gasteiger partial charge in [0.05, 0.1) is 11.2 Å². The molecule has 0 unspecified atom stereocenters. The molecular weight excluding hydrogens is 146 g/mol. The first-order valence-electron chi connectivity index (χ1n) is 3.10. The van der Waals surface area contributed by atoms with Crippen LogP contribution in [0.3, 0.4) is 0 Å². The topological polar surface area (TPSA) is 25.2 Å². The first-order chi connectivity index (χ1) is 4.97. The summed E-state index contributed by atoms with van der Waals surface area (Å²) in [4.78, 5) is 1.16. The van der Waals surface area contributed by atoms with Crippen LogP contribution in [0.4, 0.5) is 0 Å². The second kappa shape index (κ2) is 2.52. The van der Waals surface area contributed by atoms with Gasteiger partial charge in [-0.25, -0.2) is 0 Å². The number of nitrogens with one attached hydrogen (secondary N) is 1. The van der Waals surface area contributed by atoms with Crippen LogP contribution in [0.1, 0.15) is 5.76 Å². The zero-order valence-electron chi connectivity index (χ0n) is 5.33. The summed E-state index contributed by atoms with van der Waals surface area (Å²) in [7, 11) is 0. The van der Waals surface area contributed by atoms with Crippen LogP contribution in [0.15, 0.2) is 27.7 Å². The molecular formula is C7H7NOS. The summed E-state index contributed by atoms with van der Waals surface area (Å²) in [6.07, 6.45) is 5.74. The molecule has 0 radical (unpaired) electrons. The van der Waals surface area contributed by atoms with Crippen molar-refractivity contribution >= 4 is 18.0 Å². The summed E-state index contributed by atoms with van der Waals surface area (Å²) in [5.41, 5.74) is 0. The van der Waals surface area contributed by atoms with Gasteiger partial charge in [-0.3, -0.25) is 4.72 Å². The zero-order valence-corrected chi connectivity index (χ0v) is 6.15. The van der Waals surface area contributed by atoms with E-state index in [4.69, 9.17) is 4.42 Å². The molecule has 2 rings (SSSR count). The van der Waals surface area contributed by atoms with Gasteiger partial charge in [-0.05, 0) is 24.1 Å². The Balaban J connectivity index is 2.42. The minimum Gasteiger partial charge on any atom is -0.464 e. The first kappa shape index (κ1) is 6.07. The van der Waals surface area contributed by atoms with Crippen molar-refractivity contribution < 1.29 is 4.42 Å². The maximum atomic E-state index is 5.19. The van der Waals surface area contributed by atoms with E-state index in [-0.39, 0.29) is 0 Å². The molecule has 0 spiro atoms. The Labute approximate surface area is 63.4 Å². The smallest absolute Gasteiger partial charge is 0.141 e. The predicted molar refractivity (Wildman–Crippen MR) is 41.6 cm³/mol. The van der Waals surface area contributed by atoms with Crippen molar-refractivity contribution in [2.75, 3.05) is 6.54 Å². The van der Waals surface area contributed by atoms with Crippen molar-refractivity contribution in [1.29, 1.82) is 0 Å². The fourth-order valence-electron chi connectivity index (χ4n) is 0.849. The number of furan rings is 1. The van der Waals surface area contributed by atoms with Crippen LogP contribution in [0.2, 0.25) is 0 Å². The molecule has 0 amide bonds. The Bertz CT molecular complexity index is 254. The lowest BCUT2D eigenvalue weighted by Gasteiger charge is -1.92. The summed E-state index contributed by atoms with van der Waals surface area (Å²) in [5, 5.41) is 0. The van der Waals surface area contributed by atoms with E-state index in [1.165, 1.54) is 0 Å². The molecule has 52 valence electrons. The first-order valence-corrected chi connectivity index (χ1v) is 3.92. The van der Waals surface area contributed by atoms with Crippen LogP contribution >= 0.6 is 11.9 Å². The van der Waals surface area contributed by atoms with Crippen LogP contribution in [0.25, 0.3) is 6.08 Å². The van der Waals surface area contributed by atoms with E-state index in [0.29, 0.717) is 0 Å². The van der Waals surface area contributed by atoms with Gasteiger partial charge in [-0.1, -0.05) is 6.08 Å². The molecule has 10 heavy (non-hydrogen) atoms. The lowest BCUT2D eigenvalue weighted by Crippen LogP contribution is -1.99. The molecule has 1 N–H and O–H groups in total.